The molecule has 0 unspecified atom stereocenters. The Labute approximate surface area is 177 Å². The van der Waals surface area contributed by atoms with Gasteiger partial charge in [-0.1, -0.05) is 17.7 Å². The maximum atomic E-state index is 13.2. The van der Waals surface area contributed by atoms with Gasteiger partial charge in [0.15, 0.2) is 11.5 Å². The number of hydrogen-bond donors (Lipinski definition) is 0. The molecule has 0 aromatic heterocycles. The molecule has 7 nitrogen and oxygen atoms in total. The third-order valence-electron chi connectivity index (χ3n) is 5.25. The predicted molar refractivity (Wildman–Crippen MR) is 114 cm³/mol. The van der Waals surface area contributed by atoms with Crippen molar-refractivity contribution in [2.45, 2.75) is 13.3 Å². The quantitative estimate of drug-likeness (QED) is 0.755. The molecule has 0 spiro atoms. The minimum absolute atomic E-state index is 0.000727. The van der Waals surface area contributed by atoms with E-state index in [2.05, 4.69) is 0 Å². The molecule has 0 saturated carbocycles. The molecule has 2 amide bonds. The Morgan fingerprint density at radius 1 is 0.767 bits per heavy atom. The van der Waals surface area contributed by atoms with E-state index >= 15 is 0 Å². The first kappa shape index (κ1) is 21.5. The molecule has 3 rings (SSSR count). The maximum absolute atomic E-state index is 13.2. The number of hydrogen-bond acceptors (Lipinski definition) is 5. The summed E-state index contributed by atoms with van der Waals surface area (Å²) in [6.45, 7) is 4.12. The number of rotatable bonds is 5. The molecule has 0 bridgehead atoms. The number of aryl methyl sites for hydroxylation is 1. The van der Waals surface area contributed by atoms with Crippen molar-refractivity contribution in [2.75, 3.05) is 47.5 Å². The summed E-state index contributed by atoms with van der Waals surface area (Å²) in [5.74, 6) is 1.19. The molecule has 1 saturated heterocycles. The van der Waals surface area contributed by atoms with Gasteiger partial charge in [0.2, 0.25) is 5.75 Å². The number of methoxy groups -OCH3 is 3. The monoisotopic (exact) mass is 412 g/mol. The Morgan fingerprint density at radius 3 is 1.83 bits per heavy atom. The first-order valence-electron chi connectivity index (χ1n) is 9.93. The molecular formula is C23H28N2O5. The van der Waals surface area contributed by atoms with Gasteiger partial charge in [-0.15, -0.1) is 0 Å². The largest absolute Gasteiger partial charge is 0.493 e. The first-order chi connectivity index (χ1) is 14.5. The van der Waals surface area contributed by atoms with Crippen molar-refractivity contribution in [2.24, 2.45) is 0 Å². The van der Waals surface area contributed by atoms with Gasteiger partial charge in [-0.2, -0.15) is 0 Å². The molecule has 0 N–H and O–H groups in total. The zero-order valence-corrected chi connectivity index (χ0v) is 17.9. The van der Waals surface area contributed by atoms with Crippen molar-refractivity contribution in [1.29, 1.82) is 0 Å². The van der Waals surface area contributed by atoms with Crippen molar-refractivity contribution in [3.63, 3.8) is 0 Å². The average molecular weight is 412 g/mol. The molecule has 1 heterocycles. The van der Waals surface area contributed by atoms with E-state index in [1.54, 1.807) is 17.0 Å². The fraction of sp³-hybridized carbons (Fsp3) is 0.391. The second-order valence-electron chi connectivity index (χ2n) is 7.22. The Kier molecular flexibility index (Phi) is 6.82. The van der Waals surface area contributed by atoms with Crippen LogP contribution in [0.2, 0.25) is 0 Å². The zero-order chi connectivity index (χ0) is 21.7. The first-order valence-corrected chi connectivity index (χ1v) is 9.93. The number of carbonyl (C=O) groups is 2. The van der Waals surface area contributed by atoms with Gasteiger partial charge < -0.3 is 24.0 Å². The Bertz CT molecular complexity index is 903. The molecule has 1 fully saturated rings. The maximum Gasteiger partial charge on any atom is 0.254 e. The van der Waals surface area contributed by atoms with Gasteiger partial charge in [0.25, 0.3) is 11.8 Å². The summed E-state index contributed by atoms with van der Waals surface area (Å²) in [6, 6.07) is 10.9. The van der Waals surface area contributed by atoms with Crippen molar-refractivity contribution in [1.82, 2.24) is 9.80 Å². The van der Waals surface area contributed by atoms with Crippen LogP contribution in [0, 0.1) is 6.92 Å². The van der Waals surface area contributed by atoms with E-state index in [1.165, 1.54) is 21.3 Å². The third kappa shape index (κ3) is 4.50. The van der Waals surface area contributed by atoms with Crippen LogP contribution in [0.5, 0.6) is 17.2 Å². The van der Waals surface area contributed by atoms with E-state index in [4.69, 9.17) is 14.2 Å². The molecule has 1 aliphatic rings. The van der Waals surface area contributed by atoms with Crippen LogP contribution < -0.4 is 14.2 Å². The van der Waals surface area contributed by atoms with Crippen LogP contribution >= 0.6 is 0 Å². The van der Waals surface area contributed by atoms with E-state index in [0.717, 1.165) is 5.56 Å². The molecule has 0 radical (unpaired) electrons. The second kappa shape index (κ2) is 9.52. The molecule has 7 heteroatoms. The van der Waals surface area contributed by atoms with Gasteiger partial charge in [0.1, 0.15) is 0 Å². The van der Waals surface area contributed by atoms with Crippen LogP contribution in [0.25, 0.3) is 0 Å². The van der Waals surface area contributed by atoms with Crippen molar-refractivity contribution < 1.29 is 23.8 Å². The Balaban J connectivity index is 1.75. The van der Waals surface area contributed by atoms with Crippen LogP contribution in [0.3, 0.4) is 0 Å². The van der Waals surface area contributed by atoms with Crippen LogP contribution in [-0.2, 0) is 0 Å². The average Bonchev–Trinajstić information content (AvgIpc) is 3.03. The van der Waals surface area contributed by atoms with Crippen LogP contribution in [0.1, 0.15) is 32.7 Å². The number of nitrogens with zero attached hydrogens (tertiary/aromatic N) is 2. The van der Waals surface area contributed by atoms with Gasteiger partial charge in [-0.05, 0) is 37.6 Å². The van der Waals surface area contributed by atoms with Crippen molar-refractivity contribution >= 4 is 11.8 Å². The van der Waals surface area contributed by atoms with Crippen LogP contribution in [0.4, 0.5) is 0 Å². The second-order valence-corrected chi connectivity index (χ2v) is 7.22. The molecule has 30 heavy (non-hydrogen) atoms. The van der Waals surface area contributed by atoms with Crippen LogP contribution in [-0.4, -0.2) is 69.1 Å². The van der Waals surface area contributed by atoms with Crippen molar-refractivity contribution in [3.8, 4) is 17.2 Å². The van der Waals surface area contributed by atoms with Gasteiger partial charge >= 0.3 is 0 Å². The summed E-state index contributed by atoms with van der Waals surface area (Å²) in [4.78, 5) is 29.6. The van der Waals surface area contributed by atoms with E-state index in [9.17, 15) is 9.59 Å². The molecule has 160 valence electrons. The molecule has 1 aliphatic heterocycles. The lowest BCUT2D eigenvalue weighted by Crippen LogP contribution is -2.37. The van der Waals surface area contributed by atoms with E-state index in [-0.39, 0.29) is 11.8 Å². The summed E-state index contributed by atoms with van der Waals surface area (Å²) in [7, 11) is 4.56. The highest BCUT2D eigenvalue weighted by Gasteiger charge is 2.25. The summed E-state index contributed by atoms with van der Waals surface area (Å²) < 4.78 is 16.1. The lowest BCUT2D eigenvalue weighted by molar-refractivity contribution is 0.0718. The standard InChI is InChI=1S/C23H28N2O5/c1-16-7-5-8-17(13-16)22(26)24-9-6-10-25(12-11-24)23(27)18-14-19(28-2)21(30-4)20(15-18)29-3/h5,7-8,13-15H,6,9-12H2,1-4H3. The highest BCUT2D eigenvalue weighted by atomic mass is 16.5. The van der Waals surface area contributed by atoms with Gasteiger partial charge in [0, 0.05) is 37.3 Å². The molecule has 2 aromatic carbocycles. The fourth-order valence-corrected chi connectivity index (χ4v) is 3.67. The SMILES string of the molecule is COc1cc(C(=O)N2CCCN(C(=O)c3cccc(C)c3)CC2)cc(OC)c1OC. The Morgan fingerprint density at radius 2 is 1.33 bits per heavy atom. The van der Waals surface area contributed by atoms with Crippen molar-refractivity contribution in [3.05, 3.63) is 53.1 Å². The van der Waals surface area contributed by atoms with E-state index in [0.29, 0.717) is 61.0 Å². The summed E-state index contributed by atoms with van der Waals surface area (Å²) in [5, 5.41) is 0. The summed E-state index contributed by atoms with van der Waals surface area (Å²) in [5.41, 5.74) is 2.19. The number of ether oxygens (including phenoxy) is 3. The predicted octanol–water partition coefficient (Wildman–Crippen LogP) is 3.01. The smallest absolute Gasteiger partial charge is 0.254 e. The molecule has 2 aromatic rings. The fourth-order valence-electron chi connectivity index (χ4n) is 3.67. The molecule has 0 atom stereocenters. The molecule has 0 aliphatic carbocycles. The lowest BCUT2D eigenvalue weighted by Gasteiger charge is -2.23. The number of amides is 2. The highest BCUT2D eigenvalue weighted by Crippen LogP contribution is 2.38. The summed E-state index contributed by atoms with van der Waals surface area (Å²) >= 11 is 0. The normalized spacial score (nSPS) is 14.1. The van der Waals surface area contributed by atoms with Gasteiger partial charge in [0.05, 0.1) is 21.3 Å². The van der Waals surface area contributed by atoms with Gasteiger partial charge in [-0.3, -0.25) is 9.59 Å². The number of benzene rings is 2. The zero-order valence-electron chi connectivity index (χ0n) is 17.9. The minimum Gasteiger partial charge on any atom is -0.493 e. The molecular weight excluding hydrogens is 384 g/mol. The Hall–Kier alpha value is -3.22. The van der Waals surface area contributed by atoms with Crippen LogP contribution in [0.15, 0.2) is 36.4 Å². The highest BCUT2D eigenvalue weighted by molar-refractivity contribution is 5.96. The third-order valence-corrected chi connectivity index (χ3v) is 5.25. The van der Waals surface area contributed by atoms with E-state index < -0.39 is 0 Å². The van der Waals surface area contributed by atoms with Gasteiger partial charge in [-0.25, -0.2) is 0 Å². The van der Waals surface area contributed by atoms with E-state index in [1.807, 2.05) is 36.1 Å². The number of carbonyl (C=O) groups excluding carboxylic acids is 2. The topological polar surface area (TPSA) is 68.3 Å². The summed E-state index contributed by atoms with van der Waals surface area (Å²) in [6.07, 6.45) is 0.716. The lowest BCUT2D eigenvalue weighted by atomic mass is 10.1. The minimum atomic E-state index is -0.126.